The van der Waals surface area contributed by atoms with Crippen molar-refractivity contribution in [2.24, 2.45) is 5.92 Å². The normalized spacial score (nSPS) is 33.8. The maximum Gasteiger partial charge on any atom is 0.0540 e. The van der Waals surface area contributed by atoms with Crippen molar-refractivity contribution >= 4 is 0 Å². The minimum Gasteiger partial charge on any atom is -0.393 e. The van der Waals surface area contributed by atoms with E-state index in [9.17, 15) is 5.11 Å². The average molecular weight is 155 g/mol. The van der Waals surface area contributed by atoms with Crippen molar-refractivity contribution < 1.29 is 5.11 Å². The Morgan fingerprint density at radius 2 is 1.82 bits per heavy atom. The van der Waals surface area contributed by atoms with Crippen LogP contribution in [0.2, 0.25) is 0 Å². The molecule has 0 aliphatic heterocycles. The Labute approximate surface area is 69.8 Å². The van der Waals surface area contributed by atoms with Crippen molar-refractivity contribution in [3.8, 4) is 0 Å². The van der Waals surface area contributed by atoms with E-state index in [4.69, 9.17) is 0 Å². The molecule has 1 rings (SSSR count). The van der Waals surface area contributed by atoms with Gasteiger partial charge in [0.2, 0.25) is 0 Å². The van der Waals surface area contributed by atoms with Crippen LogP contribution in [0.15, 0.2) is 0 Å². The molecule has 0 saturated heterocycles. The first-order chi connectivity index (χ1) is 5.20. The number of aliphatic hydroxyl groups excluding tert-OH is 1. The molecule has 1 nitrogen and oxygen atoms in total. The van der Waals surface area contributed by atoms with Gasteiger partial charge in [-0.3, -0.25) is 0 Å². The van der Waals surface area contributed by atoms with Crippen LogP contribution in [-0.2, 0) is 0 Å². The van der Waals surface area contributed by atoms with Gasteiger partial charge in [0.05, 0.1) is 6.10 Å². The molecule has 0 aromatic heterocycles. The summed E-state index contributed by atoms with van der Waals surface area (Å²) in [4.78, 5) is 0. The summed E-state index contributed by atoms with van der Waals surface area (Å²) in [5.74, 6) is 2.33. The SMILES string of the molecule is C[C](C)C1CCCC(O)CC1. The van der Waals surface area contributed by atoms with E-state index in [1.54, 1.807) is 5.92 Å². The van der Waals surface area contributed by atoms with Gasteiger partial charge >= 0.3 is 0 Å². The lowest BCUT2D eigenvalue weighted by Crippen LogP contribution is -2.07. The molecule has 0 bridgehead atoms. The summed E-state index contributed by atoms with van der Waals surface area (Å²) in [7, 11) is 0. The van der Waals surface area contributed by atoms with Gasteiger partial charge in [0.15, 0.2) is 0 Å². The predicted octanol–water partition coefficient (Wildman–Crippen LogP) is 2.54. The predicted molar refractivity (Wildman–Crippen MR) is 47.2 cm³/mol. The van der Waals surface area contributed by atoms with Crippen LogP contribution in [0, 0.1) is 11.8 Å². The molecule has 1 saturated carbocycles. The van der Waals surface area contributed by atoms with Crippen LogP contribution in [0.25, 0.3) is 0 Å². The van der Waals surface area contributed by atoms with Crippen LogP contribution in [0.3, 0.4) is 0 Å². The molecule has 2 unspecified atom stereocenters. The second kappa shape index (κ2) is 4.10. The van der Waals surface area contributed by atoms with Gasteiger partial charge in [-0.25, -0.2) is 0 Å². The molecule has 1 radical (unpaired) electrons. The number of hydrogen-bond acceptors (Lipinski definition) is 1. The molecule has 0 spiro atoms. The average Bonchev–Trinajstić information content (AvgIpc) is 2.13. The van der Waals surface area contributed by atoms with Gasteiger partial charge in [0, 0.05) is 0 Å². The molecule has 0 aromatic rings. The molecule has 11 heavy (non-hydrogen) atoms. The molecule has 1 aliphatic carbocycles. The Bertz CT molecular complexity index is 109. The Morgan fingerprint density at radius 1 is 1.09 bits per heavy atom. The van der Waals surface area contributed by atoms with Gasteiger partial charge in [-0.15, -0.1) is 0 Å². The summed E-state index contributed by atoms with van der Waals surface area (Å²) in [5.41, 5.74) is 0. The van der Waals surface area contributed by atoms with E-state index >= 15 is 0 Å². The fourth-order valence-corrected chi connectivity index (χ4v) is 1.86. The van der Waals surface area contributed by atoms with Crippen molar-refractivity contribution in [2.75, 3.05) is 0 Å². The molecular weight excluding hydrogens is 136 g/mol. The van der Waals surface area contributed by atoms with Gasteiger partial charge in [0.1, 0.15) is 0 Å². The third-order valence-corrected chi connectivity index (χ3v) is 2.75. The zero-order chi connectivity index (χ0) is 8.27. The molecule has 0 amide bonds. The lowest BCUT2D eigenvalue weighted by atomic mass is 9.89. The van der Waals surface area contributed by atoms with Crippen LogP contribution in [0.1, 0.15) is 46.0 Å². The van der Waals surface area contributed by atoms with Gasteiger partial charge in [-0.2, -0.15) is 0 Å². The van der Waals surface area contributed by atoms with E-state index in [2.05, 4.69) is 13.8 Å². The highest BCUT2D eigenvalue weighted by atomic mass is 16.3. The summed E-state index contributed by atoms with van der Waals surface area (Å²) in [5, 5.41) is 9.38. The number of rotatable bonds is 1. The van der Waals surface area contributed by atoms with E-state index in [0.717, 1.165) is 18.8 Å². The van der Waals surface area contributed by atoms with Crippen molar-refractivity contribution in [3.05, 3.63) is 5.92 Å². The second-order valence-electron chi connectivity index (χ2n) is 3.94. The second-order valence-corrected chi connectivity index (χ2v) is 3.94. The third-order valence-electron chi connectivity index (χ3n) is 2.75. The zero-order valence-corrected chi connectivity index (χ0v) is 7.64. The van der Waals surface area contributed by atoms with Crippen LogP contribution in [-0.4, -0.2) is 11.2 Å². The van der Waals surface area contributed by atoms with Crippen LogP contribution in [0.4, 0.5) is 0 Å². The van der Waals surface area contributed by atoms with Crippen molar-refractivity contribution in [1.82, 2.24) is 0 Å². The van der Waals surface area contributed by atoms with Gasteiger partial charge in [-0.05, 0) is 37.5 Å². The maximum atomic E-state index is 9.38. The third kappa shape index (κ3) is 2.82. The maximum absolute atomic E-state index is 9.38. The zero-order valence-electron chi connectivity index (χ0n) is 7.64. The van der Waals surface area contributed by atoms with Crippen molar-refractivity contribution in [1.29, 1.82) is 0 Å². The molecule has 1 N–H and O–H groups in total. The van der Waals surface area contributed by atoms with E-state index < -0.39 is 0 Å². The molecule has 65 valence electrons. The smallest absolute Gasteiger partial charge is 0.0540 e. The Morgan fingerprint density at radius 3 is 2.45 bits per heavy atom. The first-order valence-corrected chi connectivity index (χ1v) is 4.68. The van der Waals surface area contributed by atoms with E-state index in [-0.39, 0.29) is 6.10 Å². The highest BCUT2D eigenvalue weighted by molar-refractivity contribution is 4.88. The first-order valence-electron chi connectivity index (χ1n) is 4.68. The highest BCUT2D eigenvalue weighted by Gasteiger charge is 2.19. The van der Waals surface area contributed by atoms with Crippen molar-refractivity contribution in [3.63, 3.8) is 0 Å². The van der Waals surface area contributed by atoms with E-state index in [0.29, 0.717) is 0 Å². The first kappa shape index (κ1) is 9.05. The fourth-order valence-electron chi connectivity index (χ4n) is 1.86. The molecular formula is C10H19O. The topological polar surface area (TPSA) is 20.2 Å². The standard InChI is InChI=1S/C10H19O/c1-8(2)9-4-3-5-10(11)7-6-9/h9-11H,3-7H2,1-2H3. The number of hydrogen-bond donors (Lipinski definition) is 1. The lowest BCUT2D eigenvalue weighted by Gasteiger charge is -2.17. The van der Waals surface area contributed by atoms with Crippen LogP contribution in [0.5, 0.6) is 0 Å². The monoisotopic (exact) mass is 155 g/mol. The highest BCUT2D eigenvalue weighted by Crippen LogP contribution is 2.29. The van der Waals surface area contributed by atoms with Crippen LogP contribution >= 0.6 is 0 Å². The molecule has 0 aromatic carbocycles. The summed E-state index contributed by atoms with van der Waals surface area (Å²) in [6, 6.07) is 0. The number of aliphatic hydroxyl groups is 1. The van der Waals surface area contributed by atoms with Crippen molar-refractivity contribution in [2.45, 2.75) is 52.1 Å². The summed E-state index contributed by atoms with van der Waals surface area (Å²) >= 11 is 0. The van der Waals surface area contributed by atoms with Crippen LogP contribution < -0.4 is 0 Å². The minimum absolute atomic E-state index is 0.0145. The van der Waals surface area contributed by atoms with E-state index in [1.165, 1.54) is 19.3 Å². The van der Waals surface area contributed by atoms with Gasteiger partial charge in [-0.1, -0.05) is 20.3 Å². The van der Waals surface area contributed by atoms with Gasteiger partial charge < -0.3 is 5.11 Å². The molecule has 0 heterocycles. The summed E-state index contributed by atoms with van der Waals surface area (Å²) in [6.45, 7) is 4.42. The minimum atomic E-state index is -0.0145. The molecule has 2 atom stereocenters. The Balaban J connectivity index is 2.34. The summed E-state index contributed by atoms with van der Waals surface area (Å²) in [6.07, 6.45) is 5.71. The largest absolute Gasteiger partial charge is 0.393 e. The molecule has 1 aliphatic rings. The van der Waals surface area contributed by atoms with Gasteiger partial charge in [0.25, 0.3) is 0 Å². The van der Waals surface area contributed by atoms with E-state index in [1.807, 2.05) is 0 Å². The molecule has 1 fully saturated rings. The molecule has 1 heteroatoms. The lowest BCUT2D eigenvalue weighted by molar-refractivity contribution is 0.156. The summed E-state index contributed by atoms with van der Waals surface area (Å²) < 4.78 is 0. The Kier molecular flexibility index (Phi) is 3.38. The fraction of sp³-hybridized carbons (Fsp3) is 0.900. The quantitative estimate of drug-likeness (QED) is 0.577. The Hall–Kier alpha value is -0.0400.